The summed E-state index contributed by atoms with van der Waals surface area (Å²) >= 11 is 0. The molecule has 2 fully saturated rings. The molecule has 0 bridgehead atoms. The Morgan fingerprint density at radius 3 is 2.67 bits per heavy atom. The van der Waals surface area contributed by atoms with Crippen molar-refractivity contribution in [1.29, 1.82) is 0 Å². The number of carbonyl (C=O) groups excluding carboxylic acids is 2. The van der Waals surface area contributed by atoms with Crippen molar-refractivity contribution in [2.75, 3.05) is 0 Å². The van der Waals surface area contributed by atoms with Crippen LogP contribution >= 0.6 is 0 Å². The topological polar surface area (TPSA) is 84.2 Å². The highest BCUT2D eigenvalue weighted by molar-refractivity contribution is 6.07. The fourth-order valence-electron chi connectivity index (χ4n) is 1.97. The second-order valence-corrected chi connectivity index (χ2v) is 3.38. The quantitative estimate of drug-likeness (QED) is 0.410. The molecule has 1 aliphatic heterocycles. The number of nitrogens with one attached hydrogen (secondary N) is 2. The second kappa shape index (κ2) is 2.20. The Morgan fingerprint density at radius 2 is 2.25 bits per heavy atom. The molecule has 12 heavy (non-hydrogen) atoms. The molecule has 1 aliphatic carbocycles. The van der Waals surface area contributed by atoms with Gasteiger partial charge in [-0.3, -0.25) is 10.1 Å². The van der Waals surface area contributed by atoms with Crippen molar-refractivity contribution in [3.8, 4) is 0 Å². The van der Waals surface area contributed by atoms with E-state index in [0.717, 1.165) is 12.8 Å². The zero-order chi connectivity index (χ0) is 8.77. The molecule has 1 saturated heterocycles. The molecule has 5 heteroatoms. The molecule has 0 radical (unpaired) electrons. The van der Waals surface area contributed by atoms with Crippen LogP contribution in [0.1, 0.15) is 19.3 Å². The number of rotatable bonds is 0. The first-order valence-electron chi connectivity index (χ1n) is 4.04. The molecule has 0 aromatic heterocycles. The average molecular weight is 169 g/mol. The smallest absolute Gasteiger partial charge is 0.322 e. The van der Waals surface area contributed by atoms with E-state index in [1.807, 2.05) is 0 Å². The van der Waals surface area contributed by atoms with Gasteiger partial charge in [0.05, 0.1) is 0 Å². The van der Waals surface area contributed by atoms with Gasteiger partial charge in [0, 0.05) is 6.04 Å². The van der Waals surface area contributed by atoms with Gasteiger partial charge in [-0.25, -0.2) is 4.79 Å². The van der Waals surface area contributed by atoms with E-state index in [-0.39, 0.29) is 11.9 Å². The summed E-state index contributed by atoms with van der Waals surface area (Å²) < 4.78 is 0. The van der Waals surface area contributed by atoms with Crippen molar-refractivity contribution in [1.82, 2.24) is 10.6 Å². The van der Waals surface area contributed by atoms with Crippen LogP contribution < -0.4 is 16.4 Å². The molecular formula is C7H11N3O2. The summed E-state index contributed by atoms with van der Waals surface area (Å²) in [5.41, 5.74) is 4.96. The largest absolute Gasteiger partial charge is 0.325 e. The van der Waals surface area contributed by atoms with Crippen LogP contribution in [0.4, 0.5) is 4.79 Å². The standard InChI is InChI=1S/C7H11N3O2/c8-4-2-1-3-7(4)5(11)9-6(12)10-7/h4H,1-3,8H2,(H2,9,10,11,12). The van der Waals surface area contributed by atoms with Crippen LogP contribution in [0.15, 0.2) is 0 Å². The lowest BCUT2D eigenvalue weighted by Gasteiger charge is -2.24. The minimum atomic E-state index is -0.795. The summed E-state index contributed by atoms with van der Waals surface area (Å²) in [5, 5.41) is 4.82. The van der Waals surface area contributed by atoms with Crippen molar-refractivity contribution < 1.29 is 9.59 Å². The van der Waals surface area contributed by atoms with Gasteiger partial charge >= 0.3 is 6.03 Å². The van der Waals surface area contributed by atoms with Crippen LogP contribution in [0.3, 0.4) is 0 Å². The van der Waals surface area contributed by atoms with Crippen molar-refractivity contribution >= 4 is 11.9 Å². The zero-order valence-corrected chi connectivity index (χ0v) is 6.59. The third-order valence-electron chi connectivity index (χ3n) is 2.69. The molecule has 4 N–H and O–H groups in total. The zero-order valence-electron chi connectivity index (χ0n) is 6.59. The Bertz CT molecular complexity index is 253. The van der Waals surface area contributed by atoms with Crippen LogP contribution in [-0.4, -0.2) is 23.5 Å². The highest BCUT2D eigenvalue weighted by Crippen LogP contribution is 2.30. The number of imide groups is 1. The Hall–Kier alpha value is -1.10. The van der Waals surface area contributed by atoms with Gasteiger partial charge in [0.15, 0.2) is 0 Å². The molecule has 2 atom stereocenters. The van der Waals surface area contributed by atoms with E-state index in [1.54, 1.807) is 0 Å². The van der Waals surface area contributed by atoms with Crippen LogP contribution in [-0.2, 0) is 4.79 Å². The Morgan fingerprint density at radius 1 is 1.50 bits per heavy atom. The van der Waals surface area contributed by atoms with Crippen LogP contribution in [0, 0.1) is 0 Å². The molecule has 5 nitrogen and oxygen atoms in total. The van der Waals surface area contributed by atoms with E-state index in [9.17, 15) is 9.59 Å². The monoisotopic (exact) mass is 169 g/mol. The van der Waals surface area contributed by atoms with Gasteiger partial charge in [0.2, 0.25) is 0 Å². The van der Waals surface area contributed by atoms with Gasteiger partial charge in [-0.05, 0) is 19.3 Å². The van der Waals surface area contributed by atoms with E-state index in [0.29, 0.717) is 6.42 Å². The molecule has 1 spiro atoms. The van der Waals surface area contributed by atoms with Gasteiger partial charge < -0.3 is 11.1 Å². The summed E-state index contributed by atoms with van der Waals surface area (Å²) in [6.45, 7) is 0. The second-order valence-electron chi connectivity index (χ2n) is 3.38. The number of carbonyl (C=O) groups is 2. The molecule has 2 rings (SSSR count). The third kappa shape index (κ3) is 0.768. The predicted molar refractivity (Wildman–Crippen MR) is 41.2 cm³/mol. The number of hydrogen-bond donors (Lipinski definition) is 3. The van der Waals surface area contributed by atoms with E-state index in [4.69, 9.17) is 5.73 Å². The predicted octanol–water partition coefficient (Wildman–Crippen LogP) is -0.924. The normalized spacial score (nSPS) is 40.2. The number of nitrogens with two attached hydrogens (primary N) is 1. The van der Waals surface area contributed by atoms with Crippen molar-refractivity contribution in [3.05, 3.63) is 0 Å². The van der Waals surface area contributed by atoms with E-state index in [2.05, 4.69) is 10.6 Å². The fraction of sp³-hybridized carbons (Fsp3) is 0.714. The maximum Gasteiger partial charge on any atom is 0.322 e. The van der Waals surface area contributed by atoms with Gasteiger partial charge in [-0.2, -0.15) is 0 Å². The van der Waals surface area contributed by atoms with E-state index >= 15 is 0 Å². The summed E-state index contributed by atoms with van der Waals surface area (Å²) in [6.07, 6.45) is 2.36. The Balaban J connectivity index is 2.31. The molecule has 0 aromatic rings. The highest BCUT2D eigenvalue weighted by Gasteiger charge is 2.52. The first-order valence-corrected chi connectivity index (χ1v) is 4.04. The minimum Gasteiger partial charge on any atom is -0.325 e. The third-order valence-corrected chi connectivity index (χ3v) is 2.69. The summed E-state index contributed by atoms with van der Waals surface area (Å²) in [4.78, 5) is 22.2. The van der Waals surface area contributed by atoms with Crippen LogP contribution in [0.25, 0.3) is 0 Å². The summed E-state index contributed by atoms with van der Waals surface area (Å²) in [5.74, 6) is -0.266. The average Bonchev–Trinajstić information content (AvgIpc) is 2.44. The molecule has 2 aliphatic rings. The summed E-state index contributed by atoms with van der Waals surface area (Å²) in [6, 6.07) is -0.652. The molecule has 1 saturated carbocycles. The van der Waals surface area contributed by atoms with E-state index < -0.39 is 11.6 Å². The van der Waals surface area contributed by atoms with Gasteiger partial charge in [0.1, 0.15) is 5.54 Å². The van der Waals surface area contributed by atoms with Gasteiger partial charge in [-0.15, -0.1) is 0 Å². The lowest BCUT2D eigenvalue weighted by atomic mass is 9.94. The number of amides is 3. The number of hydrogen-bond acceptors (Lipinski definition) is 3. The first-order chi connectivity index (χ1) is 5.65. The number of urea groups is 1. The van der Waals surface area contributed by atoms with Gasteiger partial charge in [0.25, 0.3) is 5.91 Å². The van der Waals surface area contributed by atoms with Gasteiger partial charge in [-0.1, -0.05) is 0 Å². The molecule has 3 amide bonds. The molecule has 0 aromatic carbocycles. The molecule has 1 heterocycles. The van der Waals surface area contributed by atoms with Crippen molar-refractivity contribution in [3.63, 3.8) is 0 Å². The first kappa shape index (κ1) is 7.54. The Labute approximate surface area is 69.7 Å². The Kier molecular flexibility index (Phi) is 1.38. The highest BCUT2D eigenvalue weighted by atomic mass is 16.2. The minimum absolute atomic E-state index is 0.232. The lowest BCUT2D eigenvalue weighted by molar-refractivity contribution is -0.124. The molecular weight excluding hydrogens is 158 g/mol. The van der Waals surface area contributed by atoms with Crippen LogP contribution in [0.5, 0.6) is 0 Å². The van der Waals surface area contributed by atoms with E-state index in [1.165, 1.54) is 0 Å². The van der Waals surface area contributed by atoms with Crippen molar-refractivity contribution in [2.45, 2.75) is 30.8 Å². The maximum absolute atomic E-state index is 11.3. The lowest BCUT2D eigenvalue weighted by Crippen LogP contribution is -2.56. The fourth-order valence-corrected chi connectivity index (χ4v) is 1.97. The molecule has 66 valence electrons. The summed E-state index contributed by atoms with van der Waals surface area (Å²) in [7, 11) is 0. The molecule has 2 unspecified atom stereocenters. The van der Waals surface area contributed by atoms with Crippen LogP contribution in [0.2, 0.25) is 0 Å². The maximum atomic E-state index is 11.3. The van der Waals surface area contributed by atoms with Crippen molar-refractivity contribution in [2.24, 2.45) is 5.73 Å². The SMILES string of the molecule is NC1CCCC12NC(=O)NC2=O.